The van der Waals surface area contributed by atoms with Crippen LogP contribution in [0.25, 0.3) is 0 Å². The lowest BCUT2D eigenvalue weighted by atomic mass is 9.96. The van der Waals surface area contributed by atoms with Gasteiger partial charge in [-0.05, 0) is 19.8 Å². The molecule has 1 N–H and O–H groups in total. The number of hydrogen-bond donors (Lipinski definition) is 1. The summed E-state index contributed by atoms with van der Waals surface area (Å²) in [5.41, 5.74) is -0.408. The van der Waals surface area contributed by atoms with Gasteiger partial charge in [0, 0.05) is 11.7 Å². The summed E-state index contributed by atoms with van der Waals surface area (Å²) in [6, 6.07) is 0.100. The predicted octanol–water partition coefficient (Wildman–Crippen LogP) is 1.94. The first-order valence-corrected chi connectivity index (χ1v) is 6.95. The van der Waals surface area contributed by atoms with Gasteiger partial charge in [-0.3, -0.25) is 19.1 Å². The van der Waals surface area contributed by atoms with Crippen LogP contribution in [-0.4, -0.2) is 15.8 Å². The molecule has 1 aliphatic rings. The maximum absolute atomic E-state index is 12.0. The third-order valence-corrected chi connectivity index (χ3v) is 3.99. The topological polar surface area (TPSA) is 71.9 Å². The second-order valence-electron chi connectivity index (χ2n) is 5.25. The van der Waals surface area contributed by atoms with Crippen molar-refractivity contribution in [2.75, 3.05) is 0 Å². The van der Waals surface area contributed by atoms with Crippen molar-refractivity contribution in [2.45, 2.75) is 57.9 Å². The number of carbonyl (C=O) groups excluding carboxylic acids is 1. The van der Waals surface area contributed by atoms with Crippen molar-refractivity contribution in [3.63, 3.8) is 0 Å². The van der Waals surface area contributed by atoms with E-state index in [1.54, 1.807) is 11.5 Å². The van der Waals surface area contributed by atoms with E-state index in [-0.39, 0.29) is 11.6 Å². The van der Waals surface area contributed by atoms with Gasteiger partial charge in [0.2, 0.25) is 0 Å². The van der Waals surface area contributed by atoms with Gasteiger partial charge >= 0.3 is 5.69 Å². The van der Waals surface area contributed by atoms with Crippen LogP contribution in [0.3, 0.4) is 0 Å². The van der Waals surface area contributed by atoms with E-state index in [1.165, 1.54) is 19.3 Å². The molecule has 1 aliphatic carbocycles. The number of aromatic amines is 1. The van der Waals surface area contributed by atoms with E-state index in [9.17, 15) is 14.4 Å². The average molecular weight is 264 g/mol. The zero-order valence-corrected chi connectivity index (χ0v) is 11.3. The van der Waals surface area contributed by atoms with Gasteiger partial charge in [0.25, 0.3) is 5.56 Å². The Morgan fingerprint density at radius 1 is 1.11 bits per heavy atom. The van der Waals surface area contributed by atoms with Crippen LogP contribution in [0.15, 0.2) is 9.59 Å². The third kappa shape index (κ3) is 2.85. The number of aromatic nitrogens is 2. The molecule has 0 unspecified atom stereocenters. The zero-order valence-electron chi connectivity index (χ0n) is 11.3. The van der Waals surface area contributed by atoms with Crippen LogP contribution in [0.2, 0.25) is 0 Å². The van der Waals surface area contributed by atoms with Gasteiger partial charge in [-0.1, -0.05) is 32.1 Å². The van der Waals surface area contributed by atoms with E-state index in [1.807, 2.05) is 0 Å². The van der Waals surface area contributed by atoms with Gasteiger partial charge in [-0.25, -0.2) is 4.79 Å². The van der Waals surface area contributed by atoms with Gasteiger partial charge in [0.05, 0.1) is 5.56 Å². The Kier molecular flexibility index (Phi) is 4.35. The molecule has 0 aliphatic heterocycles. The summed E-state index contributed by atoms with van der Waals surface area (Å²) in [6.07, 6.45) is 8.22. The summed E-state index contributed by atoms with van der Waals surface area (Å²) in [5.74, 6) is 0. The van der Waals surface area contributed by atoms with Gasteiger partial charge < -0.3 is 0 Å². The van der Waals surface area contributed by atoms with Crippen LogP contribution in [0, 0.1) is 6.92 Å². The second-order valence-corrected chi connectivity index (χ2v) is 5.25. The van der Waals surface area contributed by atoms with Crippen molar-refractivity contribution in [1.29, 1.82) is 0 Å². The molecule has 0 radical (unpaired) electrons. The van der Waals surface area contributed by atoms with Crippen LogP contribution in [-0.2, 0) is 0 Å². The molecule has 104 valence electrons. The summed E-state index contributed by atoms with van der Waals surface area (Å²) in [7, 11) is 0. The number of rotatable bonds is 2. The first-order valence-electron chi connectivity index (χ1n) is 6.95. The Balaban J connectivity index is 2.45. The average Bonchev–Trinajstić information content (AvgIpc) is 2.31. The lowest BCUT2D eigenvalue weighted by Crippen LogP contribution is -2.36. The maximum atomic E-state index is 12.0. The van der Waals surface area contributed by atoms with E-state index in [0.29, 0.717) is 12.0 Å². The first kappa shape index (κ1) is 13.8. The molecule has 1 heterocycles. The number of nitrogens with zero attached hydrogens (tertiary/aromatic N) is 1. The van der Waals surface area contributed by atoms with Gasteiger partial charge in [0.15, 0.2) is 6.29 Å². The fraction of sp³-hybridized carbons (Fsp3) is 0.643. The normalized spacial score (nSPS) is 17.7. The van der Waals surface area contributed by atoms with Crippen molar-refractivity contribution < 1.29 is 4.79 Å². The standard InChI is InChI=1S/C14H20N2O3/c1-10-12(9-17)13(18)15-14(19)16(10)11-7-5-3-2-4-6-8-11/h9,11H,2-8H2,1H3,(H,15,18,19). The van der Waals surface area contributed by atoms with Crippen molar-refractivity contribution in [2.24, 2.45) is 0 Å². The summed E-state index contributed by atoms with van der Waals surface area (Å²) >= 11 is 0. The zero-order chi connectivity index (χ0) is 13.8. The molecule has 1 aromatic rings. The molecule has 19 heavy (non-hydrogen) atoms. The molecule has 0 atom stereocenters. The van der Waals surface area contributed by atoms with Gasteiger partial charge in [-0.15, -0.1) is 0 Å². The number of aldehydes is 1. The highest BCUT2D eigenvalue weighted by molar-refractivity contribution is 5.75. The Morgan fingerprint density at radius 2 is 1.68 bits per heavy atom. The predicted molar refractivity (Wildman–Crippen MR) is 72.8 cm³/mol. The van der Waals surface area contributed by atoms with Gasteiger partial charge in [0.1, 0.15) is 0 Å². The minimum atomic E-state index is -0.584. The molecule has 2 rings (SSSR count). The van der Waals surface area contributed by atoms with Gasteiger partial charge in [-0.2, -0.15) is 0 Å². The van der Waals surface area contributed by atoms with E-state index in [4.69, 9.17) is 0 Å². The lowest BCUT2D eigenvalue weighted by molar-refractivity contribution is 0.112. The number of H-pyrrole nitrogens is 1. The molecule has 0 aromatic carbocycles. The molecule has 1 saturated carbocycles. The highest BCUT2D eigenvalue weighted by Gasteiger charge is 2.19. The SMILES string of the molecule is Cc1c(C=O)c(=O)[nH]c(=O)n1C1CCCCCCC1. The van der Waals surface area contributed by atoms with Crippen LogP contribution >= 0.6 is 0 Å². The molecule has 1 fully saturated rings. The molecule has 0 bridgehead atoms. The van der Waals surface area contributed by atoms with Crippen LogP contribution in [0.1, 0.15) is 67.0 Å². The summed E-state index contributed by atoms with van der Waals surface area (Å²) < 4.78 is 1.61. The third-order valence-electron chi connectivity index (χ3n) is 3.99. The first-order chi connectivity index (χ1) is 9.15. The Labute approximate surface area is 111 Å². The fourth-order valence-corrected chi connectivity index (χ4v) is 2.94. The number of nitrogens with one attached hydrogen (secondary N) is 1. The Hall–Kier alpha value is -1.65. The highest BCUT2D eigenvalue weighted by Crippen LogP contribution is 2.26. The smallest absolute Gasteiger partial charge is 0.298 e. The summed E-state index contributed by atoms with van der Waals surface area (Å²) in [4.78, 5) is 36.8. The minimum Gasteiger partial charge on any atom is -0.298 e. The summed E-state index contributed by atoms with van der Waals surface area (Å²) in [6.45, 7) is 1.68. The molecule has 1 aromatic heterocycles. The van der Waals surface area contributed by atoms with Crippen molar-refractivity contribution in [3.05, 3.63) is 32.1 Å². The second kappa shape index (κ2) is 5.99. The number of carbonyl (C=O) groups is 1. The maximum Gasteiger partial charge on any atom is 0.328 e. The molecule has 0 saturated heterocycles. The molecule has 5 heteroatoms. The van der Waals surface area contributed by atoms with Crippen molar-refractivity contribution in [1.82, 2.24) is 9.55 Å². The van der Waals surface area contributed by atoms with Crippen molar-refractivity contribution >= 4 is 6.29 Å². The van der Waals surface area contributed by atoms with Crippen LogP contribution < -0.4 is 11.2 Å². The van der Waals surface area contributed by atoms with E-state index < -0.39 is 11.2 Å². The molecular weight excluding hydrogens is 244 g/mol. The van der Waals surface area contributed by atoms with E-state index >= 15 is 0 Å². The quantitative estimate of drug-likeness (QED) is 0.830. The van der Waals surface area contributed by atoms with Crippen LogP contribution in [0.4, 0.5) is 0 Å². The van der Waals surface area contributed by atoms with E-state index in [2.05, 4.69) is 4.98 Å². The fourth-order valence-electron chi connectivity index (χ4n) is 2.94. The minimum absolute atomic E-state index is 0.0710. The molecule has 0 spiro atoms. The largest absolute Gasteiger partial charge is 0.328 e. The number of hydrogen-bond acceptors (Lipinski definition) is 3. The highest BCUT2D eigenvalue weighted by atomic mass is 16.2. The monoisotopic (exact) mass is 264 g/mol. The van der Waals surface area contributed by atoms with Crippen LogP contribution in [0.5, 0.6) is 0 Å². The van der Waals surface area contributed by atoms with Crippen molar-refractivity contribution in [3.8, 4) is 0 Å². The Bertz CT molecular complexity index is 563. The lowest BCUT2D eigenvalue weighted by Gasteiger charge is -2.24. The molecule has 0 amide bonds. The summed E-state index contributed by atoms with van der Waals surface area (Å²) in [5, 5.41) is 0. The molecular formula is C14H20N2O3. The Morgan fingerprint density at radius 3 is 2.26 bits per heavy atom. The molecule has 5 nitrogen and oxygen atoms in total. The van der Waals surface area contributed by atoms with E-state index in [0.717, 1.165) is 25.7 Å².